The molecule has 5 nitrogen and oxygen atoms in total. The Hall–Kier alpha value is -3.10. The molecule has 2 aromatic carbocycles. The highest BCUT2D eigenvalue weighted by Crippen LogP contribution is 2.31. The summed E-state index contributed by atoms with van der Waals surface area (Å²) in [7, 11) is 0. The number of hydrazone groups is 1. The van der Waals surface area contributed by atoms with Crippen molar-refractivity contribution in [2.45, 2.75) is 26.1 Å². The van der Waals surface area contributed by atoms with Gasteiger partial charge >= 0.3 is 12.4 Å². The lowest BCUT2D eigenvalue weighted by molar-refractivity contribution is -0.274. The molecule has 0 saturated heterocycles. The zero-order valence-corrected chi connectivity index (χ0v) is 14.8. The molecule has 0 saturated carbocycles. The fraction of sp³-hybridized carbons (Fsp3) is 0.263. The second kappa shape index (κ2) is 7.87. The van der Waals surface area contributed by atoms with Gasteiger partial charge in [-0.3, -0.25) is 0 Å². The van der Waals surface area contributed by atoms with E-state index in [-0.39, 0.29) is 17.4 Å². The van der Waals surface area contributed by atoms with Crippen molar-refractivity contribution in [1.82, 2.24) is 5.43 Å². The molecular weight excluding hydrogens is 378 g/mol. The lowest BCUT2D eigenvalue weighted by Gasteiger charge is -2.11. The Morgan fingerprint density at radius 3 is 2.57 bits per heavy atom. The van der Waals surface area contributed by atoms with Gasteiger partial charge in [0.15, 0.2) is 0 Å². The molecule has 3 rings (SSSR count). The summed E-state index contributed by atoms with van der Waals surface area (Å²) in [6.45, 7) is 1.95. The molecule has 2 aromatic rings. The molecule has 2 amide bonds. The van der Waals surface area contributed by atoms with Crippen LogP contribution in [0.2, 0.25) is 0 Å². The van der Waals surface area contributed by atoms with Crippen molar-refractivity contribution in [2.24, 2.45) is 11.0 Å². The minimum absolute atomic E-state index is 0.00833. The molecule has 0 heterocycles. The third kappa shape index (κ3) is 4.59. The largest absolute Gasteiger partial charge is 0.573 e. The second-order valence-corrected chi connectivity index (χ2v) is 6.21. The van der Waals surface area contributed by atoms with Crippen LogP contribution in [0.5, 0.6) is 5.75 Å². The number of rotatable bonds is 4. The molecule has 9 heteroatoms. The van der Waals surface area contributed by atoms with Crippen LogP contribution in [0.1, 0.15) is 24.5 Å². The third-order valence-corrected chi connectivity index (χ3v) is 4.35. The Labute approximate surface area is 158 Å². The Bertz CT molecular complexity index is 895. The van der Waals surface area contributed by atoms with Gasteiger partial charge in [0.2, 0.25) is 0 Å². The maximum absolute atomic E-state index is 14.0. The molecule has 2 N–H and O–H groups in total. The lowest BCUT2D eigenvalue weighted by Crippen LogP contribution is -2.26. The molecule has 1 unspecified atom stereocenters. The minimum Gasteiger partial charge on any atom is -0.406 e. The monoisotopic (exact) mass is 395 g/mol. The molecule has 1 atom stereocenters. The Kier molecular flexibility index (Phi) is 5.53. The molecule has 0 aliphatic heterocycles. The summed E-state index contributed by atoms with van der Waals surface area (Å²) >= 11 is 0. The molecule has 0 radical (unpaired) electrons. The van der Waals surface area contributed by atoms with Gasteiger partial charge in [0.1, 0.15) is 11.6 Å². The number of alkyl halides is 3. The van der Waals surface area contributed by atoms with E-state index in [4.69, 9.17) is 0 Å². The van der Waals surface area contributed by atoms with Crippen LogP contribution in [-0.2, 0) is 6.42 Å². The van der Waals surface area contributed by atoms with Crippen molar-refractivity contribution in [3.8, 4) is 5.75 Å². The Balaban J connectivity index is 1.66. The Morgan fingerprint density at radius 2 is 1.93 bits per heavy atom. The first-order valence-corrected chi connectivity index (χ1v) is 8.55. The van der Waals surface area contributed by atoms with Gasteiger partial charge in [0.05, 0.1) is 5.71 Å². The zero-order valence-electron chi connectivity index (χ0n) is 14.8. The summed E-state index contributed by atoms with van der Waals surface area (Å²) in [5, 5.41) is 6.59. The van der Waals surface area contributed by atoms with Gasteiger partial charge < -0.3 is 10.1 Å². The van der Waals surface area contributed by atoms with Crippen molar-refractivity contribution in [1.29, 1.82) is 0 Å². The highest BCUT2D eigenvalue weighted by atomic mass is 19.4. The summed E-state index contributed by atoms with van der Waals surface area (Å²) in [5.41, 5.74) is 4.46. The van der Waals surface area contributed by atoms with Crippen LogP contribution in [0.4, 0.5) is 28.0 Å². The predicted molar refractivity (Wildman–Crippen MR) is 95.7 cm³/mol. The number of benzene rings is 2. The Morgan fingerprint density at radius 1 is 1.21 bits per heavy atom. The number of nitrogens with zero attached hydrogens (tertiary/aromatic N) is 1. The first kappa shape index (κ1) is 19.7. The topological polar surface area (TPSA) is 62.7 Å². The van der Waals surface area contributed by atoms with Crippen LogP contribution in [-0.4, -0.2) is 18.1 Å². The number of fused-ring (bicyclic) bond motifs is 1. The quantitative estimate of drug-likeness (QED) is 0.575. The summed E-state index contributed by atoms with van der Waals surface area (Å²) < 4.78 is 54.2. The number of urea groups is 1. The van der Waals surface area contributed by atoms with E-state index in [2.05, 4.69) is 20.6 Å². The van der Waals surface area contributed by atoms with E-state index in [0.29, 0.717) is 23.3 Å². The van der Waals surface area contributed by atoms with Gasteiger partial charge in [-0.05, 0) is 48.7 Å². The highest BCUT2D eigenvalue weighted by molar-refractivity contribution is 6.06. The second-order valence-electron chi connectivity index (χ2n) is 6.21. The number of carbonyl (C=O) groups excluding carboxylic acids is 1. The number of anilines is 1. The van der Waals surface area contributed by atoms with E-state index >= 15 is 0 Å². The number of halogens is 4. The molecule has 148 valence electrons. The standard InChI is InChI=1S/C19H17F4N3O2/c1-2-11-10-15-14(4-3-5-16(15)20)17(11)25-26-18(27)24-12-6-8-13(9-7-12)28-19(21,22)23/h3-9,11H,2,10H2,1H3,(H2,24,26,27). The van der Waals surface area contributed by atoms with Crippen LogP contribution in [0.25, 0.3) is 0 Å². The fourth-order valence-electron chi connectivity index (χ4n) is 3.07. The first-order valence-electron chi connectivity index (χ1n) is 8.55. The van der Waals surface area contributed by atoms with Crippen molar-refractivity contribution in [3.05, 3.63) is 59.4 Å². The normalized spacial score (nSPS) is 17.3. The summed E-state index contributed by atoms with van der Waals surface area (Å²) in [6.07, 6.45) is -3.53. The molecule has 0 bridgehead atoms. The number of hydrogen-bond donors (Lipinski definition) is 2. The van der Waals surface area contributed by atoms with E-state index in [9.17, 15) is 22.4 Å². The fourth-order valence-corrected chi connectivity index (χ4v) is 3.07. The molecule has 0 fully saturated rings. The van der Waals surface area contributed by atoms with Gasteiger partial charge in [-0.1, -0.05) is 19.1 Å². The van der Waals surface area contributed by atoms with Crippen molar-refractivity contribution in [2.75, 3.05) is 5.32 Å². The van der Waals surface area contributed by atoms with E-state index < -0.39 is 18.1 Å². The summed E-state index contributed by atoms with van der Waals surface area (Å²) in [5.74, 6) is -0.702. The van der Waals surface area contributed by atoms with Crippen LogP contribution >= 0.6 is 0 Å². The van der Waals surface area contributed by atoms with E-state index in [0.717, 1.165) is 18.6 Å². The van der Waals surface area contributed by atoms with Crippen molar-refractivity contribution in [3.63, 3.8) is 0 Å². The zero-order chi connectivity index (χ0) is 20.3. The van der Waals surface area contributed by atoms with Crippen LogP contribution in [0, 0.1) is 11.7 Å². The highest BCUT2D eigenvalue weighted by Gasteiger charge is 2.31. The van der Waals surface area contributed by atoms with Crippen molar-refractivity contribution >= 4 is 17.4 Å². The number of nitrogens with one attached hydrogen (secondary N) is 2. The maximum atomic E-state index is 14.0. The SMILES string of the molecule is CCC1Cc2c(F)cccc2C1=NNC(=O)Nc1ccc(OC(F)(F)F)cc1. The number of carbonyl (C=O) groups is 1. The van der Waals surface area contributed by atoms with E-state index in [1.165, 1.54) is 18.2 Å². The molecule has 1 aliphatic carbocycles. The molecule has 0 spiro atoms. The molecule has 28 heavy (non-hydrogen) atoms. The predicted octanol–water partition coefficient (Wildman–Crippen LogP) is 4.83. The van der Waals surface area contributed by atoms with Crippen LogP contribution in [0.15, 0.2) is 47.6 Å². The van der Waals surface area contributed by atoms with Crippen molar-refractivity contribution < 1.29 is 27.1 Å². The van der Waals surface area contributed by atoms with Gasteiger partial charge in [0, 0.05) is 17.2 Å². The lowest BCUT2D eigenvalue weighted by atomic mass is 10.0. The minimum atomic E-state index is -4.78. The van der Waals surface area contributed by atoms with Gasteiger partial charge in [-0.15, -0.1) is 13.2 Å². The van der Waals surface area contributed by atoms with Crippen LogP contribution < -0.4 is 15.5 Å². The average Bonchev–Trinajstić information content (AvgIpc) is 2.99. The van der Waals surface area contributed by atoms with E-state index in [1.54, 1.807) is 12.1 Å². The number of ether oxygens (including phenoxy) is 1. The molecular formula is C19H17F4N3O2. The maximum Gasteiger partial charge on any atom is 0.573 e. The van der Waals surface area contributed by atoms with Gasteiger partial charge in [0.25, 0.3) is 0 Å². The van der Waals surface area contributed by atoms with Crippen LogP contribution in [0.3, 0.4) is 0 Å². The van der Waals surface area contributed by atoms with Gasteiger partial charge in [-0.2, -0.15) is 5.10 Å². The first-order chi connectivity index (χ1) is 13.3. The van der Waals surface area contributed by atoms with Gasteiger partial charge in [-0.25, -0.2) is 14.6 Å². The van der Waals surface area contributed by atoms with E-state index in [1.807, 2.05) is 6.92 Å². The third-order valence-electron chi connectivity index (χ3n) is 4.35. The molecule has 1 aliphatic rings. The number of amides is 2. The average molecular weight is 395 g/mol. The smallest absolute Gasteiger partial charge is 0.406 e. The molecule has 0 aromatic heterocycles. The summed E-state index contributed by atoms with van der Waals surface area (Å²) in [4.78, 5) is 12.0. The summed E-state index contributed by atoms with van der Waals surface area (Å²) in [6, 6.07) is 8.76. The number of hydrogen-bond acceptors (Lipinski definition) is 3.